The van der Waals surface area contributed by atoms with Gasteiger partial charge < -0.3 is 14.2 Å². The van der Waals surface area contributed by atoms with Crippen LogP contribution in [0.1, 0.15) is 367 Å². The van der Waals surface area contributed by atoms with E-state index in [0.717, 1.165) is 89.9 Å². The molecule has 6 heteroatoms. The van der Waals surface area contributed by atoms with Crippen LogP contribution in [-0.2, 0) is 28.6 Å². The maximum atomic E-state index is 12.9. The number of rotatable bonds is 65. The van der Waals surface area contributed by atoms with Gasteiger partial charge in [0.05, 0.1) is 0 Å². The lowest BCUT2D eigenvalue weighted by Gasteiger charge is -2.18. The highest BCUT2D eigenvalue weighted by molar-refractivity contribution is 5.71. The average molecular weight is 1130 g/mol. The number of carbonyl (C=O) groups is 3. The van der Waals surface area contributed by atoms with Crippen LogP contribution in [0.15, 0.2) is 72.9 Å². The van der Waals surface area contributed by atoms with Crippen molar-refractivity contribution in [3.8, 4) is 0 Å². The largest absolute Gasteiger partial charge is 0.462 e. The van der Waals surface area contributed by atoms with E-state index in [4.69, 9.17) is 14.2 Å². The Morgan fingerprint density at radius 2 is 0.481 bits per heavy atom. The molecule has 81 heavy (non-hydrogen) atoms. The number of ether oxygens (including phenoxy) is 3. The number of hydrogen-bond acceptors (Lipinski definition) is 6. The molecule has 0 aliphatic rings. The van der Waals surface area contributed by atoms with Crippen molar-refractivity contribution in [1.29, 1.82) is 0 Å². The number of esters is 3. The Balaban J connectivity index is 4.15. The van der Waals surface area contributed by atoms with Gasteiger partial charge in [-0.25, -0.2) is 0 Å². The van der Waals surface area contributed by atoms with Crippen LogP contribution >= 0.6 is 0 Å². The number of unbranched alkanes of at least 4 members (excludes halogenated alkanes) is 42. The fraction of sp³-hybridized carbons (Fsp3) is 0.800. The van der Waals surface area contributed by atoms with Gasteiger partial charge in [0.25, 0.3) is 0 Å². The van der Waals surface area contributed by atoms with Crippen LogP contribution in [0.4, 0.5) is 0 Å². The van der Waals surface area contributed by atoms with Gasteiger partial charge >= 0.3 is 17.9 Å². The number of hydrogen-bond donors (Lipinski definition) is 0. The summed E-state index contributed by atoms with van der Waals surface area (Å²) in [5.74, 6) is -0.852. The van der Waals surface area contributed by atoms with E-state index in [2.05, 4.69) is 93.7 Å². The second-order valence-electron chi connectivity index (χ2n) is 23.8. The molecule has 0 spiro atoms. The summed E-state index contributed by atoms with van der Waals surface area (Å²) in [7, 11) is 0. The van der Waals surface area contributed by atoms with Crippen molar-refractivity contribution in [2.45, 2.75) is 374 Å². The molecule has 0 saturated carbocycles. The lowest BCUT2D eigenvalue weighted by molar-refractivity contribution is -0.167. The highest BCUT2D eigenvalue weighted by Crippen LogP contribution is 2.18. The third kappa shape index (κ3) is 67.5. The van der Waals surface area contributed by atoms with Crippen LogP contribution in [0.3, 0.4) is 0 Å². The maximum Gasteiger partial charge on any atom is 0.306 e. The minimum atomic E-state index is -0.774. The molecule has 0 aromatic carbocycles. The van der Waals surface area contributed by atoms with E-state index in [1.165, 1.54) is 238 Å². The molecular formula is C75H134O6. The predicted octanol–water partition coefficient (Wildman–Crippen LogP) is 24.4. The molecule has 0 aromatic rings. The van der Waals surface area contributed by atoms with Crippen LogP contribution in [-0.4, -0.2) is 37.2 Å². The third-order valence-corrected chi connectivity index (χ3v) is 15.7. The van der Waals surface area contributed by atoms with Crippen molar-refractivity contribution in [1.82, 2.24) is 0 Å². The molecule has 0 aromatic heterocycles. The minimum Gasteiger partial charge on any atom is -0.462 e. The molecule has 1 unspecified atom stereocenters. The zero-order chi connectivity index (χ0) is 58.5. The Kier molecular flexibility index (Phi) is 66.6. The summed E-state index contributed by atoms with van der Waals surface area (Å²) >= 11 is 0. The van der Waals surface area contributed by atoms with Crippen molar-refractivity contribution < 1.29 is 28.6 Å². The summed E-state index contributed by atoms with van der Waals surface area (Å²) in [4.78, 5) is 38.4. The van der Waals surface area contributed by atoms with E-state index in [9.17, 15) is 14.4 Å². The quantitative estimate of drug-likeness (QED) is 0.0261. The lowest BCUT2D eigenvalue weighted by atomic mass is 10.0. The van der Waals surface area contributed by atoms with Crippen LogP contribution in [0, 0.1) is 0 Å². The summed E-state index contributed by atoms with van der Waals surface area (Å²) < 4.78 is 17.0. The van der Waals surface area contributed by atoms with Gasteiger partial charge in [0, 0.05) is 19.3 Å². The lowest BCUT2D eigenvalue weighted by Crippen LogP contribution is -2.30. The van der Waals surface area contributed by atoms with Crippen LogP contribution < -0.4 is 0 Å². The van der Waals surface area contributed by atoms with E-state index in [0.29, 0.717) is 19.3 Å². The summed E-state index contributed by atoms with van der Waals surface area (Å²) in [6, 6.07) is 0. The van der Waals surface area contributed by atoms with Gasteiger partial charge in [-0.3, -0.25) is 14.4 Å². The van der Waals surface area contributed by atoms with Gasteiger partial charge in [-0.2, -0.15) is 0 Å². The summed E-state index contributed by atoms with van der Waals surface area (Å²) in [6.07, 6.45) is 90.8. The van der Waals surface area contributed by atoms with Gasteiger partial charge in [0.2, 0.25) is 0 Å². The number of allylic oxidation sites excluding steroid dienone is 12. The van der Waals surface area contributed by atoms with Crippen molar-refractivity contribution in [2.24, 2.45) is 0 Å². The zero-order valence-electron chi connectivity index (χ0n) is 54.1. The molecule has 1 atom stereocenters. The smallest absolute Gasteiger partial charge is 0.306 e. The molecule has 0 bridgehead atoms. The van der Waals surface area contributed by atoms with Crippen LogP contribution in [0.5, 0.6) is 0 Å². The Morgan fingerprint density at radius 3 is 0.765 bits per heavy atom. The predicted molar refractivity (Wildman–Crippen MR) is 353 cm³/mol. The standard InChI is InChI=1S/C75H134O6/c1-4-7-10-13-16-19-22-25-27-29-30-31-32-33-34-35-36-37-38-39-40-41-42-43-44-46-47-50-53-56-59-62-65-68-74(77)80-71-72(70-79-73(76)67-64-61-58-55-52-49-24-21-18-15-12-9-6-3)81-75(78)69-66-63-60-57-54-51-48-45-28-26-23-20-17-14-11-8-5-2/h7,10,16,19,25-28,30-31,33-34,72H,4-6,8-9,11-15,17-18,20-24,29,32,35-71H2,1-3H3/b10-7-,19-16-,27-25-,28-26-,31-30-,34-33-. The van der Waals surface area contributed by atoms with Gasteiger partial charge in [0.15, 0.2) is 6.10 Å². The highest BCUT2D eigenvalue weighted by Gasteiger charge is 2.19. The topological polar surface area (TPSA) is 78.9 Å². The average Bonchev–Trinajstić information content (AvgIpc) is 3.46. The van der Waals surface area contributed by atoms with Gasteiger partial charge in [0.1, 0.15) is 13.2 Å². The third-order valence-electron chi connectivity index (χ3n) is 15.7. The molecule has 0 aliphatic heterocycles. The van der Waals surface area contributed by atoms with Gasteiger partial charge in [-0.1, -0.05) is 331 Å². The molecule has 0 aliphatic carbocycles. The number of carbonyl (C=O) groups excluding carboxylic acids is 3. The molecule has 470 valence electrons. The molecule has 0 radical (unpaired) electrons. The first-order valence-corrected chi connectivity index (χ1v) is 35.4. The zero-order valence-corrected chi connectivity index (χ0v) is 54.1. The fourth-order valence-corrected chi connectivity index (χ4v) is 10.4. The molecule has 0 amide bonds. The Labute approximate surface area is 503 Å². The van der Waals surface area contributed by atoms with Crippen molar-refractivity contribution in [2.75, 3.05) is 13.2 Å². The van der Waals surface area contributed by atoms with E-state index in [1.807, 2.05) is 0 Å². The SMILES string of the molecule is CC/C=C\C/C=C\C/C=C\C/C=C\C/C=C\CCCCCCCCCCCCCCCCCCCC(=O)OCC(COC(=O)CCCCCCCCCCCCCCC)OC(=O)CCCCCCCCC/C=C\CCCCCCCC. The molecular weight excluding hydrogens is 997 g/mol. The Bertz CT molecular complexity index is 1490. The van der Waals surface area contributed by atoms with Gasteiger partial charge in [-0.15, -0.1) is 0 Å². The van der Waals surface area contributed by atoms with E-state index >= 15 is 0 Å². The molecule has 0 N–H and O–H groups in total. The normalized spacial score (nSPS) is 12.5. The van der Waals surface area contributed by atoms with Crippen LogP contribution in [0.2, 0.25) is 0 Å². The van der Waals surface area contributed by atoms with Crippen LogP contribution in [0.25, 0.3) is 0 Å². The Hall–Kier alpha value is -3.15. The van der Waals surface area contributed by atoms with Gasteiger partial charge in [-0.05, 0) is 89.9 Å². The Morgan fingerprint density at radius 1 is 0.259 bits per heavy atom. The molecule has 0 fully saturated rings. The summed E-state index contributed by atoms with van der Waals surface area (Å²) in [5.41, 5.74) is 0. The van der Waals surface area contributed by atoms with Crippen molar-refractivity contribution in [3.05, 3.63) is 72.9 Å². The second-order valence-corrected chi connectivity index (χ2v) is 23.8. The summed E-state index contributed by atoms with van der Waals surface area (Å²) in [5, 5.41) is 0. The van der Waals surface area contributed by atoms with E-state index in [-0.39, 0.29) is 31.1 Å². The first-order chi connectivity index (χ1) is 40.0. The molecule has 0 heterocycles. The van der Waals surface area contributed by atoms with E-state index in [1.54, 1.807) is 0 Å². The highest BCUT2D eigenvalue weighted by atomic mass is 16.6. The molecule has 0 saturated heterocycles. The molecule has 0 rings (SSSR count). The van der Waals surface area contributed by atoms with Crippen molar-refractivity contribution in [3.63, 3.8) is 0 Å². The first kappa shape index (κ1) is 77.9. The minimum absolute atomic E-state index is 0.0706. The summed E-state index contributed by atoms with van der Waals surface area (Å²) in [6.45, 7) is 6.57. The van der Waals surface area contributed by atoms with Crippen molar-refractivity contribution >= 4 is 17.9 Å². The molecule has 6 nitrogen and oxygen atoms in total. The second kappa shape index (κ2) is 69.3. The van der Waals surface area contributed by atoms with E-state index < -0.39 is 6.10 Å². The monoisotopic (exact) mass is 1130 g/mol. The maximum absolute atomic E-state index is 12.9. The first-order valence-electron chi connectivity index (χ1n) is 35.4. The fourth-order valence-electron chi connectivity index (χ4n) is 10.4.